The molecule has 1 unspecified atom stereocenters. The molecule has 5 aromatic rings. The number of anilines is 1. The van der Waals surface area contributed by atoms with Crippen molar-refractivity contribution in [1.82, 2.24) is 14.5 Å². The zero-order valence-corrected chi connectivity index (χ0v) is 24.1. The number of nitrogens with zero attached hydrogens (tertiary/aromatic N) is 4. The Morgan fingerprint density at radius 1 is 0.717 bits per heavy atom. The molecule has 1 fully saturated rings. The third kappa shape index (κ3) is 5.92. The van der Waals surface area contributed by atoms with Crippen molar-refractivity contribution in [2.75, 3.05) is 37.6 Å². The number of rotatable bonds is 6. The highest BCUT2D eigenvalue weighted by Crippen LogP contribution is 2.29. The molecule has 0 saturated carbocycles. The quantitative estimate of drug-likeness (QED) is 0.229. The van der Waals surface area contributed by atoms with Crippen LogP contribution in [0.3, 0.4) is 0 Å². The summed E-state index contributed by atoms with van der Waals surface area (Å²) in [5.41, 5.74) is -9.43. The van der Waals surface area contributed by atoms with Crippen LogP contribution in [0.4, 0.5) is 5.82 Å². The SMILES string of the molecule is CC(=O)OC(CN1CCN(c2ccccn2)CC1)Cn1c(=O)c2c3oc(=O)ccc(=O)oc3c3oc(=O)ccc(=O)oc3c2c1=O. The molecule has 5 heterocycles. The Morgan fingerprint density at radius 2 is 1.22 bits per heavy atom. The second kappa shape index (κ2) is 12.2. The lowest BCUT2D eigenvalue weighted by Crippen LogP contribution is -2.50. The first-order valence-corrected chi connectivity index (χ1v) is 14.0. The molecule has 0 radical (unpaired) electrons. The fraction of sp³-hybridized carbons (Fsp3) is 0.267. The van der Waals surface area contributed by atoms with E-state index in [-0.39, 0.29) is 6.54 Å². The first kappa shape index (κ1) is 30.1. The van der Waals surface area contributed by atoms with Crippen LogP contribution in [0.15, 0.2) is 95.1 Å². The van der Waals surface area contributed by atoms with Crippen molar-refractivity contribution >= 4 is 44.9 Å². The van der Waals surface area contributed by atoms with Crippen LogP contribution in [-0.4, -0.2) is 59.2 Å². The van der Waals surface area contributed by atoms with Crippen molar-refractivity contribution in [2.45, 2.75) is 19.6 Å². The van der Waals surface area contributed by atoms with E-state index in [4.69, 9.17) is 22.4 Å². The van der Waals surface area contributed by atoms with Crippen LogP contribution in [0.25, 0.3) is 33.1 Å². The number of esters is 1. The normalized spacial score (nSPS) is 14.4. The highest BCUT2D eigenvalue weighted by molar-refractivity contribution is 6.17. The van der Waals surface area contributed by atoms with Gasteiger partial charge in [-0.1, -0.05) is 6.07 Å². The number of hydrogen-bond donors (Lipinski definition) is 0. The fourth-order valence-corrected chi connectivity index (χ4v) is 5.35. The number of ether oxygens (including phenoxy) is 1. The molecule has 16 nitrogen and oxygen atoms in total. The smallest absolute Gasteiger partial charge is 0.336 e. The van der Waals surface area contributed by atoms with Crippen LogP contribution in [0.5, 0.6) is 0 Å². The molecule has 0 spiro atoms. The van der Waals surface area contributed by atoms with E-state index in [1.165, 1.54) is 6.92 Å². The number of benzene rings is 1. The summed E-state index contributed by atoms with van der Waals surface area (Å²) in [6.07, 6.45) is 0.696. The number of pyridine rings is 1. The number of aromatic nitrogens is 2. The summed E-state index contributed by atoms with van der Waals surface area (Å²) < 4.78 is 27.2. The average Bonchev–Trinajstić information content (AvgIpc) is 3.26. The highest BCUT2D eigenvalue weighted by Gasteiger charge is 2.29. The van der Waals surface area contributed by atoms with Crippen LogP contribution in [-0.2, 0) is 16.1 Å². The first-order chi connectivity index (χ1) is 22.1. The van der Waals surface area contributed by atoms with Gasteiger partial charge in [0.05, 0.1) is 6.54 Å². The molecule has 1 saturated heterocycles. The van der Waals surface area contributed by atoms with Gasteiger partial charge in [-0.05, 0) is 12.1 Å². The third-order valence-electron chi connectivity index (χ3n) is 7.29. The molecular weight excluding hydrogens is 608 g/mol. The van der Waals surface area contributed by atoms with Crippen LogP contribution >= 0.6 is 0 Å². The molecule has 0 aliphatic carbocycles. The van der Waals surface area contributed by atoms with E-state index in [2.05, 4.69) is 9.88 Å². The lowest BCUT2D eigenvalue weighted by Gasteiger charge is -2.36. The predicted octanol–water partition coefficient (Wildman–Crippen LogP) is 0.192. The maximum atomic E-state index is 13.9. The van der Waals surface area contributed by atoms with Gasteiger partial charge < -0.3 is 27.3 Å². The van der Waals surface area contributed by atoms with E-state index >= 15 is 0 Å². The third-order valence-corrected chi connectivity index (χ3v) is 7.29. The minimum absolute atomic E-state index is 0.147. The lowest BCUT2D eigenvalue weighted by atomic mass is 10.2. The fourth-order valence-electron chi connectivity index (χ4n) is 5.35. The van der Waals surface area contributed by atoms with E-state index in [0.717, 1.165) is 34.7 Å². The average molecular weight is 633 g/mol. The standard InChI is InChI=1S/C30H24N4O12/c1-16(35)42-17(14-32-10-12-33(13-11-32)18-4-2-3-9-31-18)15-34-29(40)23-24(30(34)41)26-28(46-22(39)8-6-20(37)44-26)27-25(23)43-19(36)5-7-21(38)45-27/h2-9,17H,10-15H2,1H3. The number of piperazine rings is 1. The van der Waals surface area contributed by atoms with Gasteiger partial charge in [0.1, 0.15) is 22.7 Å². The second-order valence-corrected chi connectivity index (χ2v) is 10.3. The highest BCUT2D eigenvalue weighted by atomic mass is 16.5. The molecule has 4 aromatic heterocycles. The Morgan fingerprint density at radius 3 is 1.67 bits per heavy atom. The van der Waals surface area contributed by atoms with Gasteiger partial charge in [0, 0.05) is 70.1 Å². The molecule has 6 rings (SSSR count). The Bertz CT molecular complexity index is 2260. The number of fused-ring (bicyclic) bond motifs is 6. The van der Waals surface area contributed by atoms with Crippen molar-refractivity contribution < 1.29 is 27.2 Å². The molecule has 1 aromatic carbocycles. The van der Waals surface area contributed by atoms with Gasteiger partial charge in [-0.15, -0.1) is 0 Å². The molecule has 0 N–H and O–H groups in total. The number of carbonyl (C=O) groups is 1. The topological polar surface area (TPSA) is 206 Å². The zero-order valence-electron chi connectivity index (χ0n) is 24.1. The Labute approximate surface area is 254 Å². The summed E-state index contributed by atoms with van der Waals surface area (Å²) in [6.45, 7) is 3.23. The summed E-state index contributed by atoms with van der Waals surface area (Å²) >= 11 is 0. The Balaban J connectivity index is 1.50. The van der Waals surface area contributed by atoms with Crippen molar-refractivity contribution in [3.8, 4) is 0 Å². The van der Waals surface area contributed by atoms with E-state index in [9.17, 15) is 33.6 Å². The Hall–Kier alpha value is -5.90. The molecule has 0 bridgehead atoms. The summed E-state index contributed by atoms with van der Waals surface area (Å²) in [6, 6.07) is 8.51. The zero-order chi connectivity index (χ0) is 32.5. The van der Waals surface area contributed by atoms with Crippen molar-refractivity contribution in [3.05, 3.63) is 111 Å². The van der Waals surface area contributed by atoms with Gasteiger partial charge in [0.15, 0.2) is 11.2 Å². The minimum Gasteiger partial charge on any atom is -0.459 e. The lowest BCUT2D eigenvalue weighted by molar-refractivity contribution is -0.148. The summed E-state index contributed by atoms with van der Waals surface area (Å²) in [5, 5.41) is -1.18. The summed E-state index contributed by atoms with van der Waals surface area (Å²) in [5.74, 6) is 0.155. The molecule has 1 atom stereocenters. The van der Waals surface area contributed by atoms with Gasteiger partial charge in [-0.2, -0.15) is 0 Å². The van der Waals surface area contributed by atoms with E-state index in [1.807, 2.05) is 23.1 Å². The summed E-state index contributed by atoms with van der Waals surface area (Å²) in [7, 11) is 0. The van der Waals surface area contributed by atoms with E-state index < -0.39 is 85.3 Å². The van der Waals surface area contributed by atoms with Crippen molar-refractivity contribution in [1.29, 1.82) is 0 Å². The minimum atomic E-state index is -1.12. The number of hydrogen-bond acceptors (Lipinski definition) is 15. The monoisotopic (exact) mass is 632 g/mol. The molecule has 0 amide bonds. The molecule has 16 heteroatoms. The molecule has 1 aliphatic heterocycles. The van der Waals surface area contributed by atoms with Crippen molar-refractivity contribution in [2.24, 2.45) is 0 Å². The molecule has 1 aliphatic rings. The van der Waals surface area contributed by atoms with Crippen LogP contribution < -0.4 is 38.5 Å². The van der Waals surface area contributed by atoms with E-state index in [0.29, 0.717) is 26.2 Å². The van der Waals surface area contributed by atoms with Gasteiger partial charge in [-0.3, -0.25) is 23.9 Å². The molecule has 46 heavy (non-hydrogen) atoms. The van der Waals surface area contributed by atoms with Crippen molar-refractivity contribution in [3.63, 3.8) is 0 Å². The molecular formula is C30H24N4O12. The molecule has 236 valence electrons. The van der Waals surface area contributed by atoms with Gasteiger partial charge in [0.2, 0.25) is 11.2 Å². The van der Waals surface area contributed by atoms with Gasteiger partial charge in [-0.25, -0.2) is 24.2 Å². The van der Waals surface area contributed by atoms with E-state index in [1.54, 1.807) is 6.20 Å². The maximum Gasteiger partial charge on any atom is 0.336 e. The van der Waals surface area contributed by atoms with Gasteiger partial charge >= 0.3 is 28.5 Å². The van der Waals surface area contributed by atoms with Crippen LogP contribution in [0.1, 0.15) is 6.92 Å². The van der Waals surface area contributed by atoms with Crippen LogP contribution in [0, 0.1) is 0 Å². The van der Waals surface area contributed by atoms with Crippen LogP contribution in [0.2, 0.25) is 0 Å². The summed E-state index contributed by atoms with van der Waals surface area (Å²) in [4.78, 5) is 98.0. The second-order valence-electron chi connectivity index (χ2n) is 10.3. The predicted molar refractivity (Wildman–Crippen MR) is 161 cm³/mol. The Kier molecular flexibility index (Phi) is 8.02. The number of carbonyl (C=O) groups excluding carboxylic acids is 1. The largest absolute Gasteiger partial charge is 0.459 e. The van der Waals surface area contributed by atoms with Gasteiger partial charge in [0.25, 0.3) is 11.1 Å². The maximum absolute atomic E-state index is 13.9. The first-order valence-electron chi connectivity index (χ1n) is 14.0.